The number of carbonyl (C=O) groups is 1. The molecule has 6 heteroatoms. The molecule has 0 saturated heterocycles. The number of hydrogen-bond acceptors (Lipinski definition) is 4. The topological polar surface area (TPSA) is 57.0 Å². The number of aryl methyl sites for hydroxylation is 1. The SMILES string of the molecule is CCOC(=O)C(c1ccc(F)cc1)c1nnc(C)n1C. The Bertz CT molecular complexity index is 607. The summed E-state index contributed by atoms with van der Waals surface area (Å²) in [5, 5.41) is 7.99. The summed E-state index contributed by atoms with van der Waals surface area (Å²) in [4.78, 5) is 12.2. The molecule has 0 N–H and O–H groups in total. The van der Waals surface area contributed by atoms with Gasteiger partial charge in [-0.3, -0.25) is 4.79 Å². The fraction of sp³-hybridized carbons (Fsp3) is 0.357. The molecule has 20 heavy (non-hydrogen) atoms. The summed E-state index contributed by atoms with van der Waals surface area (Å²) >= 11 is 0. The Morgan fingerprint density at radius 3 is 2.50 bits per heavy atom. The highest BCUT2D eigenvalue weighted by atomic mass is 19.1. The van der Waals surface area contributed by atoms with Crippen LogP contribution in [0.4, 0.5) is 4.39 Å². The third-order valence-electron chi connectivity index (χ3n) is 3.11. The van der Waals surface area contributed by atoms with Gasteiger partial charge in [0.25, 0.3) is 0 Å². The molecule has 2 rings (SSSR count). The Hall–Kier alpha value is -2.24. The molecule has 1 atom stereocenters. The van der Waals surface area contributed by atoms with Crippen molar-refractivity contribution in [1.82, 2.24) is 14.8 Å². The van der Waals surface area contributed by atoms with Crippen molar-refractivity contribution in [3.63, 3.8) is 0 Å². The molecule has 1 aromatic carbocycles. The summed E-state index contributed by atoms with van der Waals surface area (Å²) in [6, 6.07) is 5.73. The van der Waals surface area contributed by atoms with Crippen molar-refractivity contribution >= 4 is 5.97 Å². The number of rotatable bonds is 4. The first kappa shape index (κ1) is 14.2. The number of aromatic nitrogens is 3. The number of ether oxygens (including phenoxy) is 1. The predicted molar refractivity (Wildman–Crippen MR) is 70.6 cm³/mol. The van der Waals surface area contributed by atoms with Gasteiger partial charge in [0.1, 0.15) is 17.6 Å². The molecule has 0 amide bonds. The van der Waals surface area contributed by atoms with Crippen molar-refractivity contribution < 1.29 is 13.9 Å². The Morgan fingerprint density at radius 2 is 2.00 bits per heavy atom. The van der Waals surface area contributed by atoms with E-state index >= 15 is 0 Å². The molecular formula is C14H16FN3O2. The zero-order chi connectivity index (χ0) is 14.7. The van der Waals surface area contributed by atoms with E-state index in [0.29, 0.717) is 17.2 Å². The average molecular weight is 277 g/mol. The second-order valence-corrected chi connectivity index (χ2v) is 4.40. The maximum Gasteiger partial charge on any atom is 0.321 e. The van der Waals surface area contributed by atoms with Crippen LogP contribution in [0.2, 0.25) is 0 Å². The number of nitrogens with zero attached hydrogens (tertiary/aromatic N) is 3. The first-order chi connectivity index (χ1) is 9.54. The normalized spacial score (nSPS) is 12.2. The molecule has 0 radical (unpaired) electrons. The van der Waals surface area contributed by atoms with Crippen molar-refractivity contribution in [3.8, 4) is 0 Å². The smallest absolute Gasteiger partial charge is 0.321 e. The first-order valence-electron chi connectivity index (χ1n) is 6.32. The van der Waals surface area contributed by atoms with E-state index in [9.17, 15) is 9.18 Å². The van der Waals surface area contributed by atoms with E-state index in [2.05, 4.69) is 10.2 Å². The number of carbonyl (C=O) groups excluding carboxylic acids is 1. The van der Waals surface area contributed by atoms with Crippen molar-refractivity contribution in [2.45, 2.75) is 19.8 Å². The number of benzene rings is 1. The second kappa shape index (κ2) is 5.81. The van der Waals surface area contributed by atoms with Crippen LogP contribution in [0, 0.1) is 12.7 Å². The number of halogens is 1. The minimum atomic E-state index is -0.707. The van der Waals surface area contributed by atoms with Gasteiger partial charge >= 0.3 is 5.97 Å². The minimum absolute atomic E-state index is 0.271. The van der Waals surface area contributed by atoms with E-state index in [1.54, 1.807) is 37.6 Å². The van der Waals surface area contributed by atoms with Gasteiger partial charge in [-0.25, -0.2) is 4.39 Å². The number of esters is 1. The summed E-state index contributed by atoms with van der Waals surface area (Å²) in [6.45, 7) is 3.80. The van der Waals surface area contributed by atoms with Crippen LogP contribution < -0.4 is 0 Å². The highest BCUT2D eigenvalue weighted by Gasteiger charge is 2.29. The van der Waals surface area contributed by atoms with Crippen molar-refractivity contribution in [3.05, 3.63) is 47.3 Å². The lowest BCUT2D eigenvalue weighted by Crippen LogP contribution is -2.21. The Morgan fingerprint density at radius 1 is 1.35 bits per heavy atom. The zero-order valence-corrected chi connectivity index (χ0v) is 11.6. The average Bonchev–Trinajstić information content (AvgIpc) is 2.74. The predicted octanol–water partition coefficient (Wildman–Crippen LogP) is 1.96. The van der Waals surface area contributed by atoms with Crippen LogP contribution in [-0.4, -0.2) is 27.3 Å². The lowest BCUT2D eigenvalue weighted by molar-refractivity contribution is -0.144. The van der Waals surface area contributed by atoms with Crippen LogP contribution in [0.3, 0.4) is 0 Å². The second-order valence-electron chi connectivity index (χ2n) is 4.40. The highest BCUT2D eigenvalue weighted by Crippen LogP contribution is 2.25. The van der Waals surface area contributed by atoms with Gasteiger partial charge in [-0.05, 0) is 31.5 Å². The van der Waals surface area contributed by atoms with Crippen LogP contribution in [0.15, 0.2) is 24.3 Å². The third-order valence-corrected chi connectivity index (χ3v) is 3.11. The fourth-order valence-electron chi connectivity index (χ4n) is 1.95. The molecule has 0 aliphatic heterocycles. The molecule has 0 saturated carbocycles. The lowest BCUT2D eigenvalue weighted by atomic mass is 9.98. The maximum atomic E-state index is 13.0. The Balaban J connectivity index is 2.47. The monoisotopic (exact) mass is 277 g/mol. The van der Waals surface area contributed by atoms with E-state index < -0.39 is 11.9 Å². The van der Waals surface area contributed by atoms with Crippen LogP contribution in [0.1, 0.15) is 30.1 Å². The van der Waals surface area contributed by atoms with Gasteiger partial charge in [-0.1, -0.05) is 12.1 Å². The van der Waals surface area contributed by atoms with Crippen molar-refractivity contribution in [2.24, 2.45) is 7.05 Å². The quantitative estimate of drug-likeness (QED) is 0.802. The van der Waals surface area contributed by atoms with Gasteiger partial charge in [-0.15, -0.1) is 10.2 Å². The van der Waals surface area contributed by atoms with Crippen molar-refractivity contribution in [1.29, 1.82) is 0 Å². The third kappa shape index (κ3) is 2.68. The van der Waals surface area contributed by atoms with Crippen LogP contribution in [-0.2, 0) is 16.6 Å². The molecule has 0 fully saturated rings. The molecular weight excluding hydrogens is 261 g/mol. The molecule has 2 aromatic rings. The van der Waals surface area contributed by atoms with Gasteiger partial charge in [0.2, 0.25) is 0 Å². The summed E-state index contributed by atoms with van der Waals surface area (Å²) in [6.07, 6.45) is 0. The molecule has 1 heterocycles. The van der Waals surface area contributed by atoms with E-state index in [0.717, 1.165) is 0 Å². The lowest BCUT2D eigenvalue weighted by Gasteiger charge is -2.15. The van der Waals surface area contributed by atoms with Crippen LogP contribution in [0.25, 0.3) is 0 Å². The number of hydrogen-bond donors (Lipinski definition) is 0. The van der Waals surface area contributed by atoms with E-state index in [-0.39, 0.29) is 12.4 Å². The Kier molecular flexibility index (Phi) is 4.12. The molecule has 0 bridgehead atoms. The van der Waals surface area contributed by atoms with E-state index in [1.165, 1.54) is 12.1 Å². The fourth-order valence-corrected chi connectivity index (χ4v) is 1.95. The summed E-state index contributed by atoms with van der Waals surface area (Å²) in [7, 11) is 1.78. The van der Waals surface area contributed by atoms with Gasteiger partial charge in [-0.2, -0.15) is 0 Å². The van der Waals surface area contributed by atoms with E-state index in [1.807, 2.05) is 0 Å². The van der Waals surface area contributed by atoms with Gasteiger partial charge in [0.15, 0.2) is 5.82 Å². The largest absolute Gasteiger partial charge is 0.465 e. The summed E-state index contributed by atoms with van der Waals surface area (Å²) in [5.41, 5.74) is 0.625. The van der Waals surface area contributed by atoms with Gasteiger partial charge < -0.3 is 9.30 Å². The first-order valence-corrected chi connectivity index (χ1v) is 6.32. The van der Waals surface area contributed by atoms with Gasteiger partial charge in [0.05, 0.1) is 6.61 Å². The molecule has 0 aliphatic rings. The molecule has 1 unspecified atom stereocenters. The van der Waals surface area contributed by atoms with Crippen LogP contribution in [0.5, 0.6) is 0 Å². The van der Waals surface area contributed by atoms with Crippen molar-refractivity contribution in [2.75, 3.05) is 6.61 Å². The molecule has 1 aromatic heterocycles. The molecule has 0 aliphatic carbocycles. The highest BCUT2D eigenvalue weighted by molar-refractivity contribution is 5.81. The minimum Gasteiger partial charge on any atom is -0.465 e. The molecule has 106 valence electrons. The van der Waals surface area contributed by atoms with Crippen LogP contribution >= 0.6 is 0 Å². The van der Waals surface area contributed by atoms with E-state index in [4.69, 9.17) is 4.74 Å². The molecule has 0 spiro atoms. The summed E-state index contributed by atoms with van der Waals surface area (Å²) < 4.78 is 19.9. The molecule has 5 nitrogen and oxygen atoms in total. The Labute approximate surface area is 116 Å². The standard InChI is InChI=1S/C14H16FN3O2/c1-4-20-14(19)12(10-5-7-11(15)8-6-10)13-17-16-9(2)18(13)3/h5-8,12H,4H2,1-3H3. The maximum absolute atomic E-state index is 13.0. The summed E-state index contributed by atoms with van der Waals surface area (Å²) in [5.74, 6) is -0.314. The zero-order valence-electron chi connectivity index (χ0n) is 11.6. The van der Waals surface area contributed by atoms with Gasteiger partial charge in [0, 0.05) is 7.05 Å².